The van der Waals surface area contributed by atoms with Gasteiger partial charge in [0.2, 0.25) is 0 Å². The number of hydrogen-bond donors (Lipinski definition) is 0. The summed E-state index contributed by atoms with van der Waals surface area (Å²) < 4.78 is 0. The number of hydrogen-bond acceptors (Lipinski definition) is 1. The number of likely N-dealkylation sites (tertiary alicyclic amines) is 1. The maximum Gasteiger partial charge on any atom is 0.00696 e. The van der Waals surface area contributed by atoms with Gasteiger partial charge in [-0.25, -0.2) is 0 Å². The van der Waals surface area contributed by atoms with Crippen molar-refractivity contribution in [1.82, 2.24) is 4.90 Å². The van der Waals surface area contributed by atoms with Crippen molar-refractivity contribution < 1.29 is 0 Å². The normalized spacial score (nSPS) is 31.1. The average Bonchev–Trinajstić information content (AvgIpc) is 2.24. The molecule has 0 aromatic heterocycles. The van der Waals surface area contributed by atoms with Gasteiger partial charge < -0.3 is 4.90 Å². The zero-order valence-corrected chi connectivity index (χ0v) is 12.6. The summed E-state index contributed by atoms with van der Waals surface area (Å²) in [6, 6.07) is 0.806. The Morgan fingerprint density at radius 3 is 2.12 bits per heavy atom. The van der Waals surface area contributed by atoms with Crippen molar-refractivity contribution in [1.29, 1.82) is 0 Å². The molecule has 1 nitrogen and oxygen atoms in total. The van der Waals surface area contributed by atoms with Crippen molar-refractivity contribution in [2.24, 2.45) is 17.8 Å². The van der Waals surface area contributed by atoms with Gasteiger partial charge in [-0.2, -0.15) is 0 Å². The first-order valence-corrected chi connectivity index (χ1v) is 7.24. The van der Waals surface area contributed by atoms with E-state index in [1.165, 1.54) is 25.9 Å². The lowest BCUT2D eigenvalue weighted by Gasteiger charge is -2.40. The van der Waals surface area contributed by atoms with Crippen molar-refractivity contribution in [3.05, 3.63) is 0 Å². The molecule has 0 amide bonds. The summed E-state index contributed by atoms with van der Waals surface area (Å²) in [5.74, 6) is 2.65. The highest BCUT2D eigenvalue weighted by molar-refractivity contribution is 4.81. The van der Waals surface area contributed by atoms with Crippen LogP contribution in [0.2, 0.25) is 0 Å². The Bertz CT molecular complexity index is 165. The molecule has 1 heterocycles. The molecule has 1 heteroatoms. The van der Waals surface area contributed by atoms with Gasteiger partial charge in [-0.3, -0.25) is 0 Å². The van der Waals surface area contributed by atoms with Crippen LogP contribution in [0.3, 0.4) is 0 Å². The second kappa shape index (κ2) is 8.11. The molecule has 1 rings (SSSR count). The summed E-state index contributed by atoms with van der Waals surface area (Å²) in [5.41, 5.74) is 0. The summed E-state index contributed by atoms with van der Waals surface area (Å²) in [6.07, 6.45) is 2.74. The van der Waals surface area contributed by atoms with Crippen LogP contribution in [0.5, 0.6) is 0 Å². The van der Waals surface area contributed by atoms with Gasteiger partial charge in [-0.1, -0.05) is 41.5 Å². The van der Waals surface area contributed by atoms with E-state index in [0.717, 1.165) is 23.8 Å². The van der Waals surface area contributed by atoms with E-state index in [0.29, 0.717) is 0 Å². The topological polar surface area (TPSA) is 3.24 Å². The minimum atomic E-state index is 0.806. The minimum Gasteiger partial charge on any atom is -0.300 e. The van der Waals surface area contributed by atoms with Crippen molar-refractivity contribution in [3.8, 4) is 0 Å². The van der Waals surface area contributed by atoms with Gasteiger partial charge in [0.05, 0.1) is 0 Å². The molecule has 3 atom stereocenters. The van der Waals surface area contributed by atoms with Gasteiger partial charge in [0.15, 0.2) is 0 Å². The first kappa shape index (κ1) is 16.0. The van der Waals surface area contributed by atoms with E-state index < -0.39 is 0 Å². The lowest BCUT2D eigenvalue weighted by Crippen LogP contribution is -2.45. The molecule has 0 aromatic rings. The van der Waals surface area contributed by atoms with E-state index in [1.54, 1.807) is 0 Å². The van der Waals surface area contributed by atoms with Crippen molar-refractivity contribution in [3.63, 3.8) is 0 Å². The number of rotatable bonds is 3. The van der Waals surface area contributed by atoms with E-state index in [4.69, 9.17) is 0 Å². The lowest BCUT2D eigenvalue weighted by molar-refractivity contribution is 0.0818. The lowest BCUT2D eigenvalue weighted by atomic mass is 9.84. The molecule has 0 N–H and O–H groups in total. The maximum atomic E-state index is 2.69. The Morgan fingerprint density at radius 1 is 1.06 bits per heavy atom. The molecule has 1 fully saturated rings. The SMILES string of the molecule is CC.CC(C)CCN1C[C@@H](C)C(C)C[C@@H]1C. The average molecular weight is 227 g/mol. The maximum absolute atomic E-state index is 2.69. The first-order chi connectivity index (χ1) is 7.50. The number of piperidine rings is 1. The van der Waals surface area contributed by atoms with Crippen molar-refractivity contribution >= 4 is 0 Å². The third kappa shape index (κ3) is 5.34. The van der Waals surface area contributed by atoms with Crippen LogP contribution in [0.25, 0.3) is 0 Å². The summed E-state index contributed by atoms with van der Waals surface area (Å²) >= 11 is 0. The quantitative estimate of drug-likeness (QED) is 0.689. The molecule has 0 radical (unpaired) electrons. The highest BCUT2D eigenvalue weighted by atomic mass is 15.2. The molecule has 0 saturated carbocycles. The van der Waals surface area contributed by atoms with Crippen LogP contribution < -0.4 is 0 Å². The van der Waals surface area contributed by atoms with Gasteiger partial charge in [0, 0.05) is 12.6 Å². The van der Waals surface area contributed by atoms with Gasteiger partial charge in [-0.05, 0) is 44.1 Å². The Hall–Kier alpha value is -0.0400. The minimum absolute atomic E-state index is 0.806. The van der Waals surface area contributed by atoms with E-state index in [2.05, 4.69) is 39.5 Å². The van der Waals surface area contributed by atoms with Crippen LogP contribution in [-0.2, 0) is 0 Å². The predicted molar refractivity (Wildman–Crippen MR) is 74.8 cm³/mol. The summed E-state index contributed by atoms with van der Waals surface area (Å²) in [5, 5.41) is 0. The Labute approximate surface area is 104 Å². The molecule has 98 valence electrons. The Balaban J connectivity index is 0.00000106. The molecule has 16 heavy (non-hydrogen) atoms. The molecular formula is C15H33N. The van der Waals surface area contributed by atoms with Gasteiger partial charge in [0.25, 0.3) is 0 Å². The van der Waals surface area contributed by atoms with E-state index in [-0.39, 0.29) is 0 Å². The Kier molecular flexibility index (Phi) is 8.09. The molecule has 1 saturated heterocycles. The molecule has 1 unspecified atom stereocenters. The van der Waals surface area contributed by atoms with Crippen LogP contribution in [-0.4, -0.2) is 24.0 Å². The van der Waals surface area contributed by atoms with Gasteiger partial charge in [0.1, 0.15) is 0 Å². The van der Waals surface area contributed by atoms with Crippen molar-refractivity contribution in [2.75, 3.05) is 13.1 Å². The fourth-order valence-corrected chi connectivity index (χ4v) is 2.38. The third-order valence-electron chi connectivity index (χ3n) is 3.82. The summed E-state index contributed by atoms with van der Waals surface area (Å²) in [6.45, 7) is 18.5. The first-order valence-electron chi connectivity index (χ1n) is 7.24. The smallest absolute Gasteiger partial charge is 0.00696 e. The largest absolute Gasteiger partial charge is 0.300 e. The Morgan fingerprint density at radius 2 is 1.62 bits per heavy atom. The summed E-state index contributed by atoms with van der Waals surface area (Å²) in [7, 11) is 0. The van der Waals surface area contributed by atoms with Crippen molar-refractivity contribution in [2.45, 2.75) is 67.3 Å². The van der Waals surface area contributed by atoms with Crippen LogP contribution in [0.1, 0.15) is 61.3 Å². The third-order valence-corrected chi connectivity index (χ3v) is 3.82. The zero-order valence-electron chi connectivity index (χ0n) is 12.6. The molecule has 0 aliphatic carbocycles. The molecule has 0 spiro atoms. The van der Waals surface area contributed by atoms with Crippen LogP contribution >= 0.6 is 0 Å². The molecule has 1 aliphatic heterocycles. The standard InChI is InChI=1S/C13H27N.C2H6/c1-10(2)6-7-14-9-12(4)11(3)8-13(14)5;1-2/h10-13H,6-9H2,1-5H3;1-2H3/t11?,12-,13+;/m1./s1. The zero-order chi connectivity index (χ0) is 12.7. The van der Waals surface area contributed by atoms with Gasteiger partial charge >= 0.3 is 0 Å². The molecule has 0 aromatic carbocycles. The number of nitrogens with zero attached hydrogens (tertiary/aromatic N) is 1. The van der Waals surface area contributed by atoms with Gasteiger partial charge in [-0.15, -0.1) is 0 Å². The van der Waals surface area contributed by atoms with Crippen LogP contribution in [0.4, 0.5) is 0 Å². The summed E-state index contributed by atoms with van der Waals surface area (Å²) in [4.78, 5) is 2.69. The highest BCUT2D eigenvalue weighted by Crippen LogP contribution is 2.27. The monoisotopic (exact) mass is 227 g/mol. The van der Waals surface area contributed by atoms with E-state index in [9.17, 15) is 0 Å². The fourth-order valence-electron chi connectivity index (χ4n) is 2.38. The fraction of sp³-hybridized carbons (Fsp3) is 1.00. The van der Waals surface area contributed by atoms with Crippen LogP contribution in [0.15, 0.2) is 0 Å². The van der Waals surface area contributed by atoms with E-state index >= 15 is 0 Å². The molecular weight excluding hydrogens is 194 g/mol. The highest BCUT2D eigenvalue weighted by Gasteiger charge is 2.27. The molecule has 0 bridgehead atoms. The molecule has 1 aliphatic rings. The van der Waals surface area contributed by atoms with Crippen LogP contribution in [0, 0.1) is 17.8 Å². The van der Waals surface area contributed by atoms with E-state index in [1.807, 2.05) is 13.8 Å². The second-order valence-corrected chi connectivity index (χ2v) is 5.72. The predicted octanol–water partition coefficient (Wildman–Crippen LogP) is 4.43. The second-order valence-electron chi connectivity index (χ2n) is 5.72.